The van der Waals surface area contributed by atoms with Gasteiger partial charge in [-0.05, 0) is 266 Å². The standard InChI is InChI=1S/C12H22.C11H22.2C10H14.C9H18.C9H12.2C8H10.C7H14.C7H8.C5H12.C4H10.C2H6/c1-11-5-9-12(10-6-11)7-3-2-4-8-12;1-9-6-10(2,3)8-11(4,5)7-9;1-7-5-8(2)10(4)9(3)6-7;1-8(2)10-7-5-4-6-9(10)3;1-8-4-6-9(2,3)7-5-8;1-7-5-4-6-8(2)9(7)3;1-7-3-5-8(2)6-4-7;1-7-5-3-4-6-8(7)2;2*1-7-5-3-2-4-6-7;1-5(2,3)4;1-4(2)3;1-2/h11H,2-10H2,1H3;9H,6-8H2,1-5H3;5-6H,1-4H3;4-8H,1-3H3;8H,4-7H2,1-3H3;4-6H,1-3H3;2*3-6H,1-2H3;7H,2-6H2,1H3;2-6H,1H3;1-4H3;4H,1-3H3;1-2H3/i11D;;;;;;;;;;;;. The Balaban J connectivity index is 0. The molecule has 5 fully saturated rings. The first-order chi connectivity index (χ1) is 47.7. The van der Waals surface area contributed by atoms with Crippen LogP contribution in [-0.2, 0) is 0 Å². The van der Waals surface area contributed by atoms with E-state index in [9.17, 15) is 0 Å². The van der Waals surface area contributed by atoms with Crippen LogP contribution in [0.15, 0.2) is 133 Å². The molecule has 5 aliphatic rings. The largest absolute Gasteiger partial charge is 0.0683 e. The molecule has 0 aliphatic heterocycles. The summed E-state index contributed by atoms with van der Waals surface area (Å²) in [6.45, 7) is 75.1. The van der Waals surface area contributed by atoms with Crippen LogP contribution in [0.3, 0.4) is 0 Å². The molecule has 5 aliphatic carbocycles. The van der Waals surface area contributed by atoms with Gasteiger partial charge in [0, 0.05) is 1.37 Å². The van der Waals surface area contributed by atoms with Crippen LogP contribution in [0.4, 0.5) is 0 Å². The molecule has 0 heteroatoms. The maximum absolute atomic E-state index is 8.03. The first kappa shape index (κ1) is 97.3. The fraction of sp³-hybridized carbons (Fsp3) is 0.647. The average molecular weight is 1400 g/mol. The van der Waals surface area contributed by atoms with Crippen LogP contribution >= 0.6 is 0 Å². The van der Waals surface area contributed by atoms with Crippen molar-refractivity contribution in [2.24, 2.45) is 56.6 Å². The molecule has 1 spiro atoms. The predicted molar refractivity (Wildman–Crippen MR) is 469 cm³/mol. The number of aryl methyl sites for hydroxylation is 11. The van der Waals surface area contributed by atoms with Crippen LogP contribution in [0.1, 0.15) is 365 Å². The molecule has 11 rings (SSSR count). The second-order valence-corrected chi connectivity index (χ2v) is 37.3. The van der Waals surface area contributed by atoms with Crippen LogP contribution < -0.4 is 0 Å². The molecule has 0 N–H and O–H groups in total. The van der Waals surface area contributed by atoms with Crippen LogP contribution in [0.2, 0.25) is 0 Å². The van der Waals surface area contributed by atoms with Crippen molar-refractivity contribution in [1.29, 1.82) is 0 Å². The van der Waals surface area contributed by atoms with Crippen molar-refractivity contribution in [2.45, 2.75) is 376 Å². The van der Waals surface area contributed by atoms with Crippen molar-refractivity contribution >= 4 is 0 Å². The Morgan fingerprint density at radius 3 is 0.980 bits per heavy atom. The van der Waals surface area contributed by atoms with E-state index in [2.05, 4.69) is 337 Å². The zero-order valence-corrected chi connectivity index (χ0v) is 74.4. The van der Waals surface area contributed by atoms with Crippen molar-refractivity contribution in [3.8, 4) is 0 Å². The minimum absolute atomic E-state index is 0.0945. The summed E-state index contributed by atoms with van der Waals surface area (Å²) in [5.74, 6) is 4.35. The number of hydrogen-bond donors (Lipinski definition) is 0. The molecular weight excluding hydrogens is 1230 g/mol. The van der Waals surface area contributed by atoms with Crippen molar-refractivity contribution < 1.29 is 1.37 Å². The second kappa shape index (κ2) is 53.1. The van der Waals surface area contributed by atoms with Crippen molar-refractivity contribution in [3.63, 3.8) is 0 Å². The Kier molecular flexibility index (Phi) is 50.7. The summed E-state index contributed by atoms with van der Waals surface area (Å²) in [4.78, 5) is 0. The summed E-state index contributed by atoms with van der Waals surface area (Å²) in [6, 6.07) is 46.5. The first-order valence-electron chi connectivity index (χ1n) is 41.9. The van der Waals surface area contributed by atoms with Crippen molar-refractivity contribution in [3.05, 3.63) is 211 Å². The lowest BCUT2D eigenvalue weighted by molar-refractivity contribution is 0.0754. The molecule has 5 saturated carbocycles. The normalized spacial score (nSPS) is 17.5. The van der Waals surface area contributed by atoms with Crippen LogP contribution in [0, 0.1) is 147 Å². The van der Waals surface area contributed by atoms with Crippen molar-refractivity contribution in [1.82, 2.24) is 0 Å². The van der Waals surface area contributed by atoms with E-state index in [1.165, 1.54) is 200 Å². The fourth-order valence-corrected chi connectivity index (χ4v) is 14.5. The van der Waals surface area contributed by atoms with E-state index in [4.69, 9.17) is 1.37 Å². The second-order valence-electron chi connectivity index (χ2n) is 37.3. The summed E-state index contributed by atoms with van der Waals surface area (Å²) in [5, 5.41) is 0. The van der Waals surface area contributed by atoms with E-state index < -0.39 is 0 Å². The van der Waals surface area contributed by atoms with E-state index in [0.29, 0.717) is 33.0 Å². The van der Waals surface area contributed by atoms with Crippen molar-refractivity contribution in [2.75, 3.05) is 0 Å². The molecule has 0 heterocycles. The molecule has 6 aromatic carbocycles. The van der Waals surface area contributed by atoms with Gasteiger partial charge >= 0.3 is 0 Å². The lowest BCUT2D eigenvalue weighted by Gasteiger charge is -2.44. The molecule has 0 unspecified atom stereocenters. The number of benzene rings is 6. The lowest BCUT2D eigenvalue weighted by Crippen LogP contribution is -2.32. The van der Waals surface area contributed by atoms with Gasteiger partial charge in [-0.3, -0.25) is 0 Å². The van der Waals surface area contributed by atoms with Gasteiger partial charge in [-0.2, -0.15) is 0 Å². The molecule has 0 bridgehead atoms. The topological polar surface area (TPSA) is 0 Å². The van der Waals surface area contributed by atoms with Gasteiger partial charge in [0.2, 0.25) is 0 Å². The van der Waals surface area contributed by atoms with Crippen LogP contribution in [0.5, 0.6) is 0 Å². The van der Waals surface area contributed by atoms with Gasteiger partial charge in [-0.1, -0.05) is 378 Å². The van der Waals surface area contributed by atoms with E-state index in [0.717, 1.165) is 36.5 Å². The van der Waals surface area contributed by atoms with Gasteiger partial charge < -0.3 is 0 Å². The summed E-state index contributed by atoms with van der Waals surface area (Å²) in [7, 11) is 0. The molecule has 0 nitrogen and oxygen atoms in total. The minimum Gasteiger partial charge on any atom is -0.0683 e. The molecule has 0 atom stereocenters. The van der Waals surface area contributed by atoms with Gasteiger partial charge in [0.25, 0.3) is 0 Å². The average Bonchev–Trinajstić information content (AvgIpc) is 0.818. The highest BCUT2D eigenvalue weighted by atomic mass is 14.4. The zero-order chi connectivity index (χ0) is 79.4. The molecule has 0 saturated heterocycles. The highest BCUT2D eigenvalue weighted by Gasteiger charge is 2.37. The highest BCUT2D eigenvalue weighted by Crippen LogP contribution is 2.49. The van der Waals surface area contributed by atoms with Gasteiger partial charge in [-0.25, -0.2) is 0 Å². The smallest absolute Gasteiger partial charge is 0.0300 e. The molecule has 580 valence electrons. The van der Waals surface area contributed by atoms with Gasteiger partial charge in [0.05, 0.1) is 0 Å². The van der Waals surface area contributed by atoms with E-state index in [1.807, 2.05) is 32.0 Å². The molecule has 0 aromatic heterocycles. The Bertz CT molecular complexity index is 2910. The fourth-order valence-electron chi connectivity index (χ4n) is 14.5. The van der Waals surface area contributed by atoms with Crippen LogP contribution in [0.25, 0.3) is 0 Å². The quantitative estimate of drug-likeness (QED) is 0.154. The summed E-state index contributed by atoms with van der Waals surface area (Å²) in [6.07, 6.45) is 29.7. The lowest BCUT2D eigenvalue weighted by atomic mass is 9.62. The van der Waals surface area contributed by atoms with E-state index in [1.54, 1.807) is 0 Å². The van der Waals surface area contributed by atoms with E-state index >= 15 is 0 Å². The predicted octanol–water partition coefficient (Wildman–Crippen LogP) is 33.8. The third kappa shape index (κ3) is 52.3. The minimum atomic E-state index is -0.0945. The summed E-state index contributed by atoms with van der Waals surface area (Å²) in [5.41, 5.74) is 22.4. The Hall–Kier alpha value is -4.68. The van der Waals surface area contributed by atoms with Gasteiger partial charge in [0.1, 0.15) is 0 Å². The Morgan fingerprint density at radius 1 is 0.343 bits per heavy atom. The number of hydrogen-bond acceptors (Lipinski definition) is 0. The SMILES string of the molecule is CC.CC(C)(C)C.CC(C)C.CC1CC(C)(C)CC(C)(C)C1.CC1CCC(C)(C)CC1.CC1CCCCC1.Cc1cc(C)c(C)c(C)c1.Cc1ccc(C)cc1.Cc1cccc(C)c1C.Cc1ccccc1.Cc1ccccc1C.Cc1ccccc1C(C)C.[2H]C1(C)CCC2(CCCCC2)CC1. The van der Waals surface area contributed by atoms with E-state index in [-0.39, 0.29) is 5.89 Å². The van der Waals surface area contributed by atoms with Crippen LogP contribution in [-0.4, -0.2) is 0 Å². The monoisotopic (exact) mass is 1400 g/mol. The Morgan fingerprint density at radius 2 is 0.676 bits per heavy atom. The molecule has 0 amide bonds. The third-order valence-corrected chi connectivity index (χ3v) is 20.7. The molecule has 0 radical (unpaired) electrons. The van der Waals surface area contributed by atoms with Gasteiger partial charge in [0.15, 0.2) is 0 Å². The summed E-state index contributed by atoms with van der Waals surface area (Å²) < 4.78 is 8.03. The third-order valence-electron chi connectivity index (χ3n) is 20.7. The molecule has 6 aromatic rings. The maximum atomic E-state index is 8.03. The first-order valence-corrected chi connectivity index (χ1v) is 41.4. The molecular formula is C102H172. The molecule has 102 heavy (non-hydrogen) atoms. The highest BCUT2D eigenvalue weighted by molar-refractivity contribution is 5.36. The van der Waals surface area contributed by atoms with Gasteiger partial charge in [-0.15, -0.1) is 0 Å². The Labute approximate surface area is 641 Å². The maximum Gasteiger partial charge on any atom is 0.0300 e. The number of rotatable bonds is 1. The summed E-state index contributed by atoms with van der Waals surface area (Å²) >= 11 is 0. The zero-order valence-electron chi connectivity index (χ0n) is 75.4.